The molecule has 5 nitrogen and oxygen atoms in total. The highest BCUT2D eigenvalue weighted by Gasteiger charge is 2.37. The Bertz CT molecular complexity index is 863. The monoisotopic (exact) mass is 517 g/mol. The van der Waals surface area contributed by atoms with Crippen LogP contribution < -0.4 is 4.90 Å². The zero-order valence-electron chi connectivity index (χ0n) is 17.5. The minimum atomic E-state index is -1.95. The molecule has 0 aliphatic carbocycles. The molecule has 0 spiro atoms. The van der Waals surface area contributed by atoms with Gasteiger partial charge in [0.2, 0.25) is 0 Å². The maximum absolute atomic E-state index is 13.4. The quantitative estimate of drug-likeness (QED) is 0.322. The third-order valence-corrected chi connectivity index (χ3v) is 10.7. The van der Waals surface area contributed by atoms with Crippen molar-refractivity contribution >= 4 is 59.0 Å². The molecule has 9 heteroatoms. The fraction of sp³-hybridized carbons (Fsp3) is 0.450. The van der Waals surface area contributed by atoms with Crippen molar-refractivity contribution in [1.82, 2.24) is 9.97 Å². The Morgan fingerprint density at radius 1 is 1.14 bits per heavy atom. The number of aromatic nitrogens is 2. The van der Waals surface area contributed by atoms with Gasteiger partial charge in [-0.05, 0) is 49.3 Å². The number of hydrogen-bond acceptors (Lipinski definition) is 4. The number of amides is 1. The third-order valence-electron chi connectivity index (χ3n) is 5.11. The van der Waals surface area contributed by atoms with Crippen LogP contribution in [0.2, 0.25) is 28.4 Å². The Kier molecular flexibility index (Phi) is 7.90. The summed E-state index contributed by atoms with van der Waals surface area (Å²) in [4.78, 5) is 23.1. The Labute approximate surface area is 192 Å². The lowest BCUT2D eigenvalue weighted by Gasteiger charge is -2.37. The molecule has 1 amide bonds. The highest BCUT2D eigenvalue weighted by atomic mass is 79.9. The summed E-state index contributed by atoms with van der Waals surface area (Å²) in [5.74, 6) is 0.0501. The predicted molar refractivity (Wildman–Crippen MR) is 126 cm³/mol. The van der Waals surface area contributed by atoms with Crippen molar-refractivity contribution in [1.29, 1.82) is 0 Å². The van der Waals surface area contributed by atoms with Crippen molar-refractivity contribution < 1.29 is 9.22 Å². The molecule has 1 aromatic heterocycles. The smallest absolute Gasteiger partial charge is 0.264 e. The molecule has 2 rings (SSSR count). The molecule has 0 saturated heterocycles. The summed E-state index contributed by atoms with van der Waals surface area (Å²) in [7, 11) is -1.95. The second kappa shape index (κ2) is 9.43. The predicted octanol–water partition coefficient (Wildman–Crippen LogP) is 6.52. The van der Waals surface area contributed by atoms with Crippen LogP contribution >= 0.6 is 39.1 Å². The summed E-state index contributed by atoms with van der Waals surface area (Å²) in [5, 5.41) is 0.163. The number of rotatable bonds is 6. The van der Waals surface area contributed by atoms with Gasteiger partial charge in [-0.3, -0.25) is 4.79 Å². The van der Waals surface area contributed by atoms with Crippen molar-refractivity contribution in [2.75, 3.05) is 18.1 Å². The molecular formula is C20H26BrCl2N3O2Si. The van der Waals surface area contributed by atoms with Gasteiger partial charge in [0, 0.05) is 16.7 Å². The highest BCUT2D eigenvalue weighted by Crippen LogP contribution is 2.36. The molecule has 158 valence electrons. The average molecular weight is 519 g/mol. The van der Waals surface area contributed by atoms with E-state index in [0.717, 1.165) is 4.47 Å². The van der Waals surface area contributed by atoms with E-state index in [2.05, 4.69) is 59.8 Å². The van der Waals surface area contributed by atoms with Crippen LogP contribution in [0.4, 0.5) is 5.69 Å². The molecule has 0 fully saturated rings. The van der Waals surface area contributed by atoms with Crippen LogP contribution in [0.15, 0.2) is 28.7 Å². The van der Waals surface area contributed by atoms with Crippen LogP contribution in [-0.2, 0) is 4.43 Å². The third kappa shape index (κ3) is 6.01. The first-order chi connectivity index (χ1) is 13.3. The number of aryl methyl sites for hydroxylation is 1. The first-order valence-electron chi connectivity index (χ1n) is 9.24. The molecule has 0 aliphatic heterocycles. The van der Waals surface area contributed by atoms with E-state index in [1.807, 2.05) is 24.3 Å². The number of hydrogen-bond donors (Lipinski definition) is 0. The van der Waals surface area contributed by atoms with Gasteiger partial charge >= 0.3 is 0 Å². The van der Waals surface area contributed by atoms with Gasteiger partial charge in [0.25, 0.3) is 5.91 Å². The normalized spacial score (nSPS) is 12.2. The van der Waals surface area contributed by atoms with Crippen LogP contribution in [0.25, 0.3) is 0 Å². The molecule has 0 bridgehead atoms. The van der Waals surface area contributed by atoms with Gasteiger partial charge in [-0.15, -0.1) is 0 Å². The van der Waals surface area contributed by atoms with E-state index in [0.29, 0.717) is 24.7 Å². The topological polar surface area (TPSA) is 55.3 Å². The minimum absolute atomic E-state index is 0.0416. The Morgan fingerprint density at radius 3 is 2.14 bits per heavy atom. The molecule has 2 aromatic rings. The number of benzene rings is 1. The number of nitrogens with zero attached hydrogens (tertiary/aromatic N) is 3. The number of halogens is 3. The largest absolute Gasteiger partial charge is 0.415 e. The van der Waals surface area contributed by atoms with E-state index in [1.54, 1.807) is 11.8 Å². The van der Waals surface area contributed by atoms with Gasteiger partial charge in [0.05, 0.1) is 6.61 Å². The maximum atomic E-state index is 13.4. The minimum Gasteiger partial charge on any atom is -0.415 e. The van der Waals surface area contributed by atoms with Gasteiger partial charge in [0.1, 0.15) is 21.7 Å². The Hall–Kier alpha value is -0.993. The fourth-order valence-electron chi connectivity index (χ4n) is 2.39. The molecule has 0 N–H and O–H groups in total. The number of anilines is 1. The maximum Gasteiger partial charge on any atom is 0.264 e. The second-order valence-corrected chi connectivity index (χ2v) is 14.7. The van der Waals surface area contributed by atoms with Crippen molar-refractivity contribution in [2.45, 2.75) is 45.8 Å². The van der Waals surface area contributed by atoms with E-state index < -0.39 is 8.32 Å². The first-order valence-corrected chi connectivity index (χ1v) is 13.7. The lowest BCUT2D eigenvalue weighted by molar-refractivity contribution is 0.0981. The number of carbonyl (C=O) groups excluding carboxylic acids is 1. The molecule has 0 radical (unpaired) electrons. The summed E-state index contributed by atoms with van der Waals surface area (Å²) in [6.45, 7) is 13.3. The molecular weight excluding hydrogens is 493 g/mol. The molecule has 0 atom stereocenters. The summed E-state index contributed by atoms with van der Waals surface area (Å²) < 4.78 is 7.19. The second-order valence-electron chi connectivity index (χ2n) is 8.27. The van der Waals surface area contributed by atoms with E-state index in [9.17, 15) is 4.79 Å². The van der Waals surface area contributed by atoms with Gasteiger partial charge < -0.3 is 9.33 Å². The zero-order chi connectivity index (χ0) is 22.0. The van der Waals surface area contributed by atoms with Crippen LogP contribution in [0, 0.1) is 6.92 Å². The fourth-order valence-corrected chi connectivity index (χ4v) is 4.33. The first kappa shape index (κ1) is 24.3. The SMILES string of the molecule is Cc1nc(Cl)c(C(=O)N(CCO[Si](C)(C)C(C)(C)C)c2ccc(Br)cc2)c(Cl)n1. The van der Waals surface area contributed by atoms with Crippen LogP contribution in [0.5, 0.6) is 0 Å². The molecule has 0 unspecified atom stereocenters. The van der Waals surface area contributed by atoms with Gasteiger partial charge in [-0.2, -0.15) is 0 Å². The van der Waals surface area contributed by atoms with Crippen LogP contribution in [0.1, 0.15) is 37.0 Å². The zero-order valence-corrected chi connectivity index (χ0v) is 21.6. The van der Waals surface area contributed by atoms with Crippen molar-refractivity contribution in [2.24, 2.45) is 0 Å². The Morgan fingerprint density at radius 2 is 1.66 bits per heavy atom. The van der Waals surface area contributed by atoms with E-state index in [4.69, 9.17) is 27.6 Å². The van der Waals surface area contributed by atoms with E-state index in [-0.39, 0.29) is 26.8 Å². The molecule has 1 aromatic carbocycles. The lowest BCUT2D eigenvalue weighted by Crippen LogP contribution is -2.43. The van der Waals surface area contributed by atoms with Crippen molar-refractivity contribution in [3.63, 3.8) is 0 Å². The van der Waals surface area contributed by atoms with Gasteiger partial charge in [0.15, 0.2) is 8.32 Å². The van der Waals surface area contributed by atoms with E-state index >= 15 is 0 Å². The lowest BCUT2D eigenvalue weighted by atomic mass is 10.2. The van der Waals surface area contributed by atoms with E-state index in [1.165, 1.54) is 0 Å². The average Bonchev–Trinajstić information content (AvgIpc) is 2.57. The summed E-state index contributed by atoms with van der Waals surface area (Å²) >= 11 is 15.9. The van der Waals surface area contributed by atoms with Crippen molar-refractivity contribution in [3.8, 4) is 0 Å². The van der Waals surface area contributed by atoms with Gasteiger partial charge in [-0.1, -0.05) is 59.9 Å². The summed E-state index contributed by atoms with van der Waals surface area (Å²) in [6, 6.07) is 7.45. The number of carbonyl (C=O) groups is 1. The molecule has 29 heavy (non-hydrogen) atoms. The standard InChI is InChI=1S/C20H26BrCl2N3O2Si/c1-13-24-17(22)16(18(23)25-13)19(27)26(15-9-7-14(21)8-10-15)11-12-28-29(5,6)20(2,3)4/h7-10H,11-12H2,1-6H3. The van der Waals surface area contributed by atoms with Crippen LogP contribution in [0.3, 0.4) is 0 Å². The molecule has 1 heterocycles. The van der Waals surface area contributed by atoms with Gasteiger partial charge in [-0.25, -0.2) is 9.97 Å². The van der Waals surface area contributed by atoms with Crippen molar-refractivity contribution in [3.05, 3.63) is 50.4 Å². The Balaban J connectivity index is 2.34. The molecule has 0 saturated carbocycles. The molecule has 0 aliphatic rings. The highest BCUT2D eigenvalue weighted by molar-refractivity contribution is 9.10. The summed E-state index contributed by atoms with van der Waals surface area (Å²) in [6.07, 6.45) is 0. The van der Waals surface area contributed by atoms with Crippen LogP contribution in [-0.4, -0.2) is 37.3 Å². The summed E-state index contributed by atoms with van der Waals surface area (Å²) in [5.41, 5.74) is 0.805.